The van der Waals surface area contributed by atoms with Gasteiger partial charge in [0.1, 0.15) is 0 Å². The Balaban J connectivity index is 4.80. The Labute approximate surface area is 181 Å². The highest BCUT2D eigenvalue weighted by Crippen LogP contribution is 2.43. The first kappa shape index (κ1) is 27.8. The summed E-state index contributed by atoms with van der Waals surface area (Å²) in [6.45, 7) is 8.69. The molecule has 0 aliphatic heterocycles. The fourth-order valence-electron chi connectivity index (χ4n) is 4.13. The van der Waals surface area contributed by atoms with Crippen LogP contribution in [0.4, 0.5) is 0 Å². The van der Waals surface area contributed by atoms with Gasteiger partial charge < -0.3 is 5.11 Å². The molecular formula is C25H50O2S. The first-order valence-electron chi connectivity index (χ1n) is 12.4. The molecule has 0 heterocycles. The third-order valence-electron chi connectivity index (χ3n) is 5.98. The second kappa shape index (κ2) is 18.8. The maximum Gasteiger partial charge on any atom is 0.316 e. The summed E-state index contributed by atoms with van der Waals surface area (Å²) in [4.78, 5) is 11.6. The molecule has 0 amide bonds. The van der Waals surface area contributed by atoms with E-state index in [1.165, 1.54) is 116 Å². The van der Waals surface area contributed by atoms with E-state index in [4.69, 9.17) is 0 Å². The summed E-state index contributed by atoms with van der Waals surface area (Å²) in [7, 11) is 0. The van der Waals surface area contributed by atoms with Crippen LogP contribution < -0.4 is 0 Å². The van der Waals surface area contributed by atoms with Crippen LogP contribution in [0.3, 0.4) is 0 Å². The molecule has 2 nitrogen and oxygen atoms in total. The van der Waals surface area contributed by atoms with Gasteiger partial charge in [0.25, 0.3) is 0 Å². The van der Waals surface area contributed by atoms with Crippen molar-refractivity contribution in [3.63, 3.8) is 0 Å². The lowest BCUT2D eigenvalue weighted by Crippen LogP contribution is -2.30. The highest BCUT2D eigenvalue weighted by Gasteiger charge is 2.33. The zero-order chi connectivity index (χ0) is 21.1. The van der Waals surface area contributed by atoms with Crippen molar-refractivity contribution in [2.75, 3.05) is 0 Å². The highest BCUT2D eigenvalue weighted by atomic mass is 32.2. The number of hydrogen-bond donors (Lipinski definition) is 1. The Kier molecular flexibility index (Phi) is 18.7. The van der Waals surface area contributed by atoms with Crippen LogP contribution in [0.2, 0.25) is 0 Å². The Hall–Kier alpha value is -0.180. The topological polar surface area (TPSA) is 37.3 Å². The van der Waals surface area contributed by atoms with Crippen LogP contribution in [0.1, 0.15) is 143 Å². The highest BCUT2D eigenvalue weighted by molar-refractivity contribution is 8.01. The number of hydrogen-bond acceptors (Lipinski definition) is 2. The number of carboxylic acid groups (broad SMARTS) is 1. The quantitative estimate of drug-likeness (QED) is 0.190. The van der Waals surface area contributed by atoms with Gasteiger partial charge in [0, 0.05) is 4.75 Å². The lowest BCUT2D eigenvalue weighted by atomic mass is 9.88. The van der Waals surface area contributed by atoms with Gasteiger partial charge in [-0.15, -0.1) is 11.8 Å². The van der Waals surface area contributed by atoms with Crippen LogP contribution in [0.15, 0.2) is 0 Å². The summed E-state index contributed by atoms with van der Waals surface area (Å²) in [5, 5.41) is 9.25. The van der Waals surface area contributed by atoms with Crippen molar-refractivity contribution in [3.8, 4) is 0 Å². The predicted octanol–water partition coefficient (Wildman–Crippen LogP) is 9.01. The molecule has 0 radical (unpaired) electrons. The van der Waals surface area contributed by atoms with Gasteiger partial charge in [-0.25, -0.2) is 0 Å². The van der Waals surface area contributed by atoms with E-state index < -0.39 is 5.97 Å². The maximum absolute atomic E-state index is 11.6. The number of thioether (sulfide) groups is 1. The van der Waals surface area contributed by atoms with Gasteiger partial charge in [-0.05, 0) is 26.2 Å². The predicted molar refractivity (Wildman–Crippen MR) is 128 cm³/mol. The van der Waals surface area contributed by atoms with E-state index in [0.717, 1.165) is 0 Å². The average Bonchev–Trinajstić information content (AvgIpc) is 2.68. The molecular weight excluding hydrogens is 364 g/mol. The Bertz CT molecular complexity index is 344. The van der Waals surface area contributed by atoms with Crippen molar-refractivity contribution < 1.29 is 9.90 Å². The normalized spacial score (nSPS) is 13.0. The van der Waals surface area contributed by atoms with E-state index in [0.29, 0.717) is 0 Å². The molecule has 0 fully saturated rings. The van der Waals surface area contributed by atoms with E-state index in [-0.39, 0.29) is 10.00 Å². The summed E-state index contributed by atoms with van der Waals surface area (Å²) in [6, 6.07) is 0. The van der Waals surface area contributed by atoms with Gasteiger partial charge >= 0.3 is 5.97 Å². The zero-order valence-corrected chi connectivity index (χ0v) is 20.4. The maximum atomic E-state index is 11.6. The van der Waals surface area contributed by atoms with Gasteiger partial charge in [-0.2, -0.15) is 0 Å². The lowest BCUT2D eigenvalue weighted by molar-refractivity contribution is -0.136. The number of aliphatic carboxylic acids is 1. The zero-order valence-electron chi connectivity index (χ0n) is 19.6. The largest absolute Gasteiger partial charge is 0.480 e. The van der Waals surface area contributed by atoms with Gasteiger partial charge in [-0.1, -0.05) is 117 Å². The molecule has 168 valence electrons. The summed E-state index contributed by atoms with van der Waals surface area (Å²) in [5.74, 6) is -0.643. The summed E-state index contributed by atoms with van der Waals surface area (Å²) < 4.78 is 0.183. The number of unbranched alkanes of at least 4 members (excludes halogenated alkanes) is 12. The number of rotatable bonds is 21. The molecule has 0 aromatic carbocycles. The average molecular weight is 415 g/mol. The smallest absolute Gasteiger partial charge is 0.316 e. The Morgan fingerprint density at radius 3 is 1.36 bits per heavy atom. The molecule has 0 saturated heterocycles. The molecule has 0 rings (SSSR count). The van der Waals surface area contributed by atoms with Crippen LogP contribution in [0, 0.1) is 0 Å². The van der Waals surface area contributed by atoms with Crippen molar-refractivity contribution in [1.82, 2.24) is 0 Å². The molecule has 0 aromatic heterocycles. The number of carboxylic acids is 1. The molecule has 0 bridgehead atoms. The minimum atomic E-state index is -0.643. The summed E-state index contributed by atoms with van der Waals surface area (Å²) in [5.41, 5.74) is 0. The molecule has 0 aromatic rings. The standard InChI is InChI=1S/C25H50O2S/c1-5-8-11-14-15-16-19-22-25(20-17-12-9-6-2,21-18-13-10-7-3)28-23(4)24(26)27/h23H,5-22H2,1-4H3,(H,26,27). The van der Waals surface area contributed by atoms with E-state index in [2.05, 4.69) is 20.8 Å². The molecule has 1 atom stereocenters. The first-order chi connectivity index (χ1) is 13.5. The monoisotopic (exact) mass is 414 g/mol. The summed E-state index contributed by atoms with van der Waals surface area (Å²) in [6.07, 6.45) is 23.2. The van der Waals surface area contributed by atoms with Crippen molar-refractivity contribution in [3.05, 3.63) is 0 Å². The SMILES string of the molecule is CCCCCCCCCC(CCCCCC)(CCCCCC)SC(C)C(=O)O. The molecule has 28 heavy (non-hydrogen) atoms. The van der Waals surface area contributed by atoms with Crippen molar-refractivity contribution in [1.29, 1.82) is 0 Å². The van der Waals surface area contributed by atoms with E-state index in [1.807, 2.05) is 6.92 Å². The second-order valence-corrected chi connectivity index (χ2v) is 10.6. The third kappa shape index (κ3) is 14.8. The Morgan fingerprint density at radius 2 is 1.00 bits per heavy atom. The van der Waals surface area contributed by atoms with Crippen LogP contribution in [-0.4, -0.2) is 21.1 Å². The van der Waals surface area contributed by atoms with Crippen molar-refractivity contribution in [2.24, 2.45) is 0 Å². The van der Waals surface area contributed by atoms with Crippen LogP contribution in [-0.2, 0) is 4.79 Å². The van der Waals surface area contributed by atoms with Crippen molar-refractivity contribution >= 4 is 17.7 Å². The van der Waals surface area contributed by atoms with E-state index >= 15 is 0 Å². The molecule has 0 saturated carbocycles. The molecule has 1 N–H and O–H groups in total. The van der Waals surface area contributed by atoms with E-state index in [1.54, 1.807) is 11.8 Å². The minimum Gasteiger partial charge on any atom is -0.480 e. The lowest BCUT2D eigenvalue weighted by Gasteiger charge is -2.35. The second-order valence-electron chi connectivity index (χ2n) is 8.77. The molecule has 0 spiro atoms. The molecule has 0 aliphatic rings. The van der Waals surface area contributed by atoms with Crippen LogP contribution in [0.25, 0.3) is 0 Å². The van der Waals surface area contributed by atoms with Gasteiger partial charge in [0.2, 0.25) is 0 Å². The van der Waals surface area contributed by atoms with Gasteiger partial charge in [0.05, 0.1) is 5.25 Å². The Morgan fingerprint density at radius 1 is 0.679 bits per heavy atom. The number of carbonyl (C=O) groups is 1. The molecule has 3 heteroatoms. The van der Waals surface area contributed by atoms with E-state index in [9.17, 15) is 9.90 Å². The fraction of sp³-hybridized carbons (Fsp3) is 0.960. The van der Waals surface area contributed by atoms with Gasteiger partial charge in [0.15, 0.2) is 0 Å². The minimum absolute atomic E-state index is 0.183. The first-order valence-corrected chi connectivity index (χ1v) is 13.3. The van der Waals surface area contributed by atoms with Crippen LogP contribution >= 0.6 is 11.8 Å². The van der Waals surface area contributed by atoms with Gasteiger partial charge in [-0.3, -0.25) is 4.79 Å². The fourth-order valence-corrected chi connectivity index (χ4v) is 5.77. The van der Waals surface area contributed by atoms with Crippen LogP contribution in [0.5, 0.6) is 0 Å². The third-order valence-corrected chi connectivity index (χ3v) is 7.65. The molecule has 1 unspecified atom stereocenters. The van der Waals surface area contributed by atoms with Crippen molar-refractivity contribution in [2.45, 2.75) is 153 Å². The molecule has 0 aliphatic carbocycles. The summed E-state index contributed by atoms with van der Waals surface area (Å²) >= 11 is 1.79.